The van der Waals surface area contributed by atoms with Gasteiger partial charge in [-0.15, -0.1) is 0 Å². The van der Waals surface area contributed by atoms with Crippen molar-refractivity contribution in [3.63, 3.8) is 0 Å². The van der Waals surface area contributed by atoms with Crippen molar-refractivity contribution in [2.24, 2.45) is 0 Å². The first kappa shape index (κ1) is 34.6. The van der Waals surface area contributed by atoms with Gasteiger partial charge in [-0.25, -0.2) is 0 Å². The molecular weight excluding hydrogens is 749 g/mol. The summed E-state index contributed by atoms with van der Waals surface area (Å²) in [7, 11) is 0. The molecule has 0 unspecified atom stereocenters. The van der Waals surface area contributed by atoms with E-state index >= 15 is 0 Å². The monoisotopic (exact) mass is 786 g/mol. The molecule has 288 valence electrons. The van der Waals surface area contributed by atoms with Crippen molar-refractivity contribution in [3.8, 4) is 44.8 Å². The van der Waals surface area contributed by atoms with E-state index in [4.69, 9.17) is 0 Å². The zero-order chi connectivity index (χ0) is 40.7. The molecule has 0 saturated carbocycles. The number of benzene rings is 11. The minimum Gasteiger partial charge on any atom is -0.309 e. The average molecular weight is 787 g/mol. The normalized spacial score (nSPS) is 11.9. The van der Waals surface area contributed by atoms with Gasteiger partial charge in [-0.3, -0.25) is 0 Å². The van der Waals surface area contributed by atoms with Gasteiger partial charge in [-0.05, 0) is 103 Å². The van der Waals surface area contributed by atoms with Crippen molar-refractivity contribution >= 4 is 75.9 Å². The van der Waals surface area contributed by atoms with Gasteiger partial charge in [-0.1, -0.05) is 188 Å². The Morgan fingerprint density at radius 3 is 1.24 bits per heavy atom. The smallest absolute Gasteiger partial charge is 0.0547 e. The second-order valence-corrected chi connectivity index (χ2v) is 16.4. The number of hydrogen-bond acceptors (Lipinski definition) is 0. The molecular formula is C60H38N2. The van der Waals surface area contributed by atoms with Crippen LogP contribution in [-0.2, 0) is 0 Å². The van der Waals surface area contributed by atoms with Crippen molar-refractivity contribution in [1.29, 1.82) is 0 Å². The number of rotatable bonds is 5. The van der Waals surface area contributed by atoms with Crippen LogP contribution in [0.5, 0.6) is 0 Å². The molecule has 2 nitrogen and oxygen atoms in total. The second kappa shape index (κ2) is 13.7. The zero-order valence-electron chi connectivity index (χ0n) is 33.8. The van der Waals surface area contributed by atoms with E-state index in [9.17, 15) is 0 Å². The summed E-state index contributed by atoms with van der Waals surface area (Å²) < 4.78 is 4.91. The molecule has 0 atom stereocenters. The molecule has 0 radical (unpaired) electrons. The van der Waals surface area contributed by atoms with Crippen LogP contribution in [-0.4, -0.2) is 9.13 Å². The third-order valence-electron chi connectivity index (χ3n) is 13.1. The lowest BCUT2D eigenvalue weighted by molar-refractivity contribution is 1.18. The Balaban J connectivity index is 0.951. The molecule has 0 aliphatic rings. The largest absolute Gasteiger partial charge is 0.309 e. The molecule has 0 N–H and O–H groups in total. The van der Waals surface area contributed by atoms with Gasteiger partial charge in [0.1, 0.15) is 0 Å². The van der Waals surface area contributed by atoms with E-state index in [1.807, 2.05) is 0 Å². The van der Waals surface area contributed by atoms with Gasteiger partial charge in [-0.2, -0.15) is 0 Å². The summed E-state index contributed by atoms with van der Waals surface area (Å²) in [4.78, 5) is 0. The Hall–Kier alpha value is -8.20. The summed E-state index contributed by atoms with van der Waals surface area (Å²) in [6.45, 7) is 0. The van der Waals surface area contributed by atoms with E-state index in [2.05, 4.69) is 240 Å². The lowest BCUT2D eigenvalue weighted by Crippen LogP contribution is -1.97. The Kier molecular flexibility index (Phi) is 7.64. The van der Waals surface area contributed by atoms with Crippen molar-refractivity contribution in [2.75, 3.05) is 0 Å². The highest BCUT2D eigenvalue weighted by atomic mass is 15.0. The van der Waals surface area contributed by atoms with Gasteiger partial charge in [0.25, 0.3) is 0 Å². The van der Waals surface area contributed by atoms with E-state index in [-0.39, 0.29) is 0 Å². The molecule has 0 saturated heterocycles. The molecule has 13 aromatic rings. The maximum atomic E-state index is 2.48. The molecule has 2 aromatic heterocycles. The molecule has 11 aromatic carbocycles. The number of nitrogens with zero attached hydrogens (tertiary/aromatic N) is 2. The molecule has 0 aliphatic heterocycles. The van der Waals surface area contributed by atoms with E-state index in [1.165, 1.54) is 115 Å². The topological polar surface area (TPSA) is 9.86 Å². The minimum atomic E-state index is 1.14. The Bertz CT molecular complexity index is 3910. The van der Waals surface area contributed by atoms with E-state index in [0.717, 1.165) is 5.69 Å². The predicted molar refractivity (Wildman–Crippen MR) is 264 cm³/mol. The summed E-state index contributed by atoms with van der Waals surface area (Å²) >= 11 is 0. The van der Waals surface area contributed by atoms with Crippen LogP contribution in [0.4, 0.5) is 0 Å². The van der Waals surface area contributed by atoms with Crippen molar-refractivity contribution in [3.05, 3.63) is 231 Å². The fourth-order valence-corrected chi connectivity index (χ4v) is 10.3. The van der Waals surface area contributed by atoms with E-state index < -0.39 is 0 Å². The van der Waals surface area contributed by atoms with Crippen LogP contribution in [0.25, 0.3) is 121 Å². The Morgan fingerprint density at radius 1 is 0.226 bits per heavy atom. The van der Waals surface area contributed by atoms with Gasteiger partial charge in [0.05, 0.1) is 27.8 Å². The number of hydrogen-bond donors (Lipinski definition) is 0. The van der Waals surface area contributed by atoms with E-state index in [1.54, 1.807) is 0 Å². The van der Waals surface area contributed by atoms with Crippen molar-refractivity contribution in [2.45, 2.75) is 0 Å². The summed E-state index contributed by atoms with van der Waals surface area (Å²) in [6, 6.07) is 84.8. The highest BCUT2D eigenvalue weighted by molar-refractivity contribution is 6.14. The zero-order valence-corrected chi connectivity index (χ0v) is 33.8. The third kappa shape index (κ3) is 5.23. The summed E-state index contributed by atoms with van der Waals surface area (Å²) in [6.07, 6.45) is 0. The van der Waals surface area contributed by atoms with Gasteiger partial charge in [0.15, 0.2) is 0 Å². The fraction of sp³-hybridized carbons (Fsp3) is 0. The highest BCUT2D eigenvalue weighted by Crippen LogP contribution is 2.41. The molecule has 2 heterocycles. The van der Waals surface area contributed by atoms with Gasteiger partial charge < -0.3 is 9.13 Å². The summed E-state index contributed by atoms with van der Waals surface area (Å²) in [5.74, 6) is 0. The van der Waals surface area contributed by atoms with Crippen molar-refractivity contribution in [1.82, 2.24) is 9.13 Å². The van der Waals surface area contributed by atoms with Gasteiger partial charge >= 0.3 is 0 Å². The molecule has 0 spiro atoms. The molecule has 13 rings (SSSR count). The van der Waals surface area contributed by atoms with Crippen LogP contribution < -0.4 is 0 Å². The maximum absolute atomic E-state index is 2.48. The van der Waals surface area contributed by atoms with Crippen LogP contribution in [0, 0.1) is 0 Å². The first-order valence-corrected chi connectivity index (χ1v) is 21.4. The second-order valence-electron chi connectivity index (χ2n) is 16.4. The van der Waals surface area contributed by atoms with Crippen LogP contribution in [0.2, 0.25) is 0 Å². The molecule has 62 heavy (non-hydrogen) atoms. The molecule has 0 amide bonds. The van der Waals surface area contributed by atoms with Gasteiger partial charge in [0.2, 0.25) is 0 Å². The fourth-order valence-electron chi connectivity index (χ4n) is 10.3. The Morgan fingerprint density at radius 2 is 0.645 bits per heavy atom. The molecule has 0 fully saturated rings. The first-order chi connectivity index (χ1) is 30.8. The number of para-hydroxylation sites is 2. The van der Waals surface area contributed by atoms with Crippen LogP contribution in [0.3, 0.4) is 0 Å². The third-order valence-corrected chi connectivity index (χ3v) is 13.1. The quantitative estimate of drug-likeness (QED) is 0.164. The highest BCUT2D eigenvalue weighted by Gasteiger charge is 2.19. The summed E-state index contributed by atoms with van der Waals surface area (Å²) in [5, 5.41) is 12.5. The Labute approximate surface area is 358 Å². The summed E-state index contributed by atoms with van der Waals surface area (Å²) in [5.41, 5.74) is 14.5. The lowest BCUT2D eigenvalue weighted by atomic mass is 9.96. The molecule has 0 bridgehead atoms. The van der Waals surface area contributed by atoms with Gasteiger partial charge in [0, 0.05) is 32.6 Å². The first-order valence-electron chi connectivity index (χ1n) is 21.4. The maximum Gasteiger partial charge on any atom is 0.0547 e. The number of fused-ring (bicyclic) bond motifs is 9. The predicted octanol–water partition coefficient (Wildman–Crippen LogP) is 16.3. The van der Waals surface area contributed by atoms with Crippen molar-refractivity contribution < 1.29 is 0 Å². The molecule has 2 heteroatoms. The standard InChI is InChI=1S/C60H38N2/c1-3-17-45-39(13-1)15-11-23-47(45)42-29-33-54-52-21-7-9-25-56(52)61(59(54)37-42)44-31-27-41(28-32-44)49-35-36-58(51-20-6-5-19-50(49)51)62-57-26-10-8-22-53(57)55-34-30-43(38-60(55)62)48-24-12-16-40-14-2-4-18-46(40)48/h1-38H. The molecule has 0 aliphatic carbocycles. The van der Waals surface area contributed by atoms with Crippen LogP contribution in [0.1, 0.15) is 0 Å². The number of aromatic nitrogens is 2. The minimum absolute atomic E-state index is 1.14. The van der Waals surface area contributed by atoms with Crippen LogP contribution >= 0.6 is 0 Å². The van der Waals surface area contributed by atoms with Crippen LogP contribution in [0.15, 0.2) is 231 Å². The SMILES string of the molecule is c1ccc2c(-c3ccc4c5ccccc5n(-c5ccc(-c6ccc(-n7c8ccccc8c8ccc(-c9cccc%10ccccc9%10)cc87)c7ccccc67)cc5)c4c3)cccc2c1. The lowest BCUT2D eigenvalue weighted by Gasteiger charge is -2.16. The van der Waals surface area contributed by atoms with E-state index in [0.29, 0.717) is 0 Å². The average Bonchev–Trinajstić information content (AvgIpc) is 3.85.